The number of carbonyl (C=O) groups excluding carboxylic acids is 1. The second-order valence-electron chi connectivity index (χ2n) is 7.06. The van der Waals surface area contributed by atoms with Crippen LogP contribution < -0.4 is 0 Å². The Morgan fingerprint density at radius 3 is 1.82 bits per heavy atom. The normalized spacial score (nSPS) is 11.7. The maximum atomic E-state index is 11.9. The number of unbranched alkanes of at least 4 members (excludes halogenated alkanes) is 7. The highest BCUT2D eigenvalue weighted by atomic mass is 16.5. The van der Waals surface area contributed by atoms with Gasteiger partial charge in [0.2, 0.25) is 0 Å². The van der Waals surface area contributed by atoms with Gasteiger partial charge in [0, 0.05) is 6.42 Å². The molecule has 0 aromatic rings. The van der Waals surface area contributed by atoms with E-state index in [1.807, 2.05) is 27.7 Å². The number of carboxylic acids is 1. The molecule has 0 rings (SSSR count). The Morgan fingerprint density at radius 2 is 1.36 bits per heavy atom. The molecule has 0 saturated heterocycles. The number of aliphatic carboxylic acids is 1. The van der Waals surface area contributed by atoms with Crippen molar-refractivity contribution in [1.29, 1.82) is 0 Å². The number of esters is 1. The van der Waals surface area contributed by atoms with Crippen LogP contribution in [0.1, 0.15) is 91.9 Å². The number of carbonyl (C=O) groups is 2. The molecule has 0 amide bonds. The number of ether oxygens (including phenoxy) is 1. The topological polar surface area (TPSA) is 63.6 Å². The van der Waals surface area contributed by atoms with Crippen LogP contribution >= 0.6 is 0 Å². The zero-order chi connectivity index (χ0) is 17.0. The van der Waals surface area contributed by atoms with Crippen molar-refractivity contribution in [3.05, 3.63) is 0 Å². The summed E-state index contributed by atoms with van der Waals surface area (Å²) in [4.78, 5) is 22.3. The molecule has 130 valence electrons. The molecule has 0 fully saturated rings. The fourth-order valence-corrected chi connectivity index (χ4v) is 2.38. The van der Waals surface area contributed by atoms with E-state index in [2.05, 4.69) is 0 Å². The Bertz CT molecular complexity index is 321. The monoisotopic (exact) mass is 314 g/mol. The van der Waals surface area contributed by atoms with E-state index in [0.29, 0.717) is 6.42 Å². The largest absolute Gasteiger partial charge is 0.481 e. The minimum absolute atomic E-state index is 0.0482. The molecule has 0 spiro atoms. The molecule has 0 saturated carbocycles. The van der Waals surface area contributed by atoms with Crippen LogP contribution in [0, 0.1) is 5.41 Å². The molecule has 0 aliphatic carbocycles. The van der Waals surface area contributed by atoms with E-state index in [1.165, 1.54) is 19.3 Å². The Balaban J connectivity index is 3.52. The minimum Gasteiger partial charge on any atom is -0.481 e. The first-order valence-electron chi connectivity index (χ1n) is 8.68. The van der Waals surface area contributed by atoms with Crippen molar-refractivity contribution in [3.63, 3.8) is 0 Å². The summed E-state index contributed by atoms with van der Waals surface area (Å²) in [5.74, 6) is -0.792. The molecule has 0 aliphatic rings. The third kappa shape index (κ3) is 11.6. The van der Waals surface area contributed by atoms with Crippen LogP contribution in [-0.4, -0.2) is 23.1 Å². The molecule has 0 heterocycles. The van der Waals surface area contributed by atoms with Crippen molar-refractivity contribution >= 4 is 11.9 Å². The van der Waals surface area contributed by atoms with E-state index in [4.69, 9.17) is 9.84 Å². The molecule has 1 N–H and O–H groups in total. The van der Waals surface area contributed by atoms with Crippen molar-refractivity contribution < 1.29 is 19.4 Å². The lowest BCUT2D eigenvalue weighted by Crippen LogP contribution is -2.28. The molecule has 0 radical (unpaired) electrons. The second-order valence-corrected chi connectivity index (χ2v) is 7.06. The fourth-order valence-electron chi connectivity index (χ4n) is 2.38. The predicted octanol–water partition coefficient (Wildman–Crippen LogP) is 4.95. The minimum atomic E-state index is -0.696. The summed E-state index contributed by atoms with van der Waals surface area (Å²) in [5, 5.41) is 8.53. The average molecular weight is 314 g/mol. The van der Waals surface area contributed by atoms with Crippen LogP contribution in [0.4, 0.5) is 0 Å². The number of rotatable bonds is 13. The standard InChI is InChI=1S/C18H34O4/c1-15(2)22-17(21)18(3,4)14-12-10-8-6-5-7-9-11-13-16(19)20/h15H,5-14H2,1-4H3,(H,19,20). The molecule has 0 atom stereocenters. The predicted molar refractivity (Wildman–Crippen MR) is 88.8 cm³/mol. The highest BCUT2D eigenvalue weighted by Crippen LogP contribution is 2.26. The SMILES string of the molecule is CC(C)OC(=O)C(C)(C)CCCCCCCCCCC(=O)O. The molecule has 4 nitrogen and oxygen atoms in total. The van der Waals surface area contributed by atoms with Gasteiger partial charge < -0.3 is 9.84 Å². The van der Waals surface area contributed by atoms with Crippen LogP contribution in [0.2, 0.25) is 0 Å². The maximum absolute atomic E-state index is 11.9. The quantitative estimate of drug-likeness (QED) is 0.386. The molecule has 22 heavy (non-hydrogen) atoms. The maximum Gasteiger partial charge on any atom is 0.311 e. The molecule has 0 unspecified atom stereocenters. The van der Waals surface area contributed by atoms with Gasteiger partial charge in [0.1, 0.15) is 0 Å². The van der Waals surface area contributed by atoms with Gasteiger partial charge in [0.05, 0.1) is 11.5 Å². The lowest BCUT2D eigenvalue weighted by atomic mass is 9.87. The van der Waals surface area contributed by atoms with Crippen molar-refractivity contribution in [2.75, 3.05) is 0 Å². The van der Waals surface area contributed by atoms with Gasteiger partial charge in [-0.15, -0.1) is 0 Å². The smallest absolute Gasteiger partial charge is 0.311 e. The third-order valence-corrected chi connectivity index (χ3v) is 3.84. The summed E-state index contributed by atoms with van der Waals surface area (Å²) >= 11 is 0. The summed E-state index contributed by atoms with van der Waals surface area (Å²) in [6.07, 6.45) is 9.82. The average Bonchev–Trinajstić information content (AvgIpc) is 2.39. The molecule has 0 aromatic heterocycles. The highest BCUT2D eigenvalue weighted by Gasteiger charge is 2.29. The number of carboxylic acid groups (broad SMARTS) is 1. The van der Waals surface area contributed by atoms with Crippen molar-refractivity contribution in [1.82, 2.24) is 0 Å². The van der Waals surface area contributed by atoms with Crippen molar-refractivity contribution in [2.24, 2.45) is 5.41 Å². The molecule has 0 aliphatic heterocycles. The van der Waals surface area contributed by atoms with Gasteiger partial charge in [-0.05, 0) is 40.5 Å². The van der Waals surface area contributed by atoms with E-state index in [-0.39, 0.29) is 17.5 Å². The zero-order valence-electron chi connectivity index (χ0n) is 14.8. The summed E-state index contributed by atoms with van der Waals surface area (Å²) in [7, 11) is 0. The van der Waals surface area contributed by atoms with Crippen LogP contribution in [0.5, 0.6) is 0 Å². The van der Waals surface area contributed by atoms with Gasteiger partial charge in [0.15, 0.2) is 0 Å². The summed E-state index contributed by atoms with van der Waals surface area (Å²) in [6.45, 7) is 7.68. The van der Waals surface area contributed by atoms with Gasteiger partial charge in [-0.1, -0.05) is 44.9 Å². The first-order valence-corrected chi connectivity index (χ1v) is 8.68. The molecular weight excluding hydrogens is 280 g/mol. The first kappa shape index (κ1) is 20.9. The molecule has 0 bridgehead atoms. The Hall–Kier alpha value is -1.06. The first-order chi connectivity index (χ1) is 10.3. The third-order valence-electron chi connectivity index (χ3n) is 3.84. The molecule has 0 aromatic carbocycles. The molecular formula is C18H34O4. The Labute approximate surface area is 135 Å². The van der Waals surface area contributed by atoms with E-state index < -0.39 is 5.97 Å². The van der Waals surface area contributed by atoms with Crippen LogP contribution in [-0.2, 0) is 14.3 Å². The summed E-state index contributed by atoms with van der Waals surface area (Å²) in [5.41, 5.74) is -0.388. The van der Waals surface area contributed by atoms with Crippen LogP contribution in [0.15, 0.2) is 0 Å². The number of hydrogen-bond acceptors (Lipinski definition) is 3. The second kappa shape index (κ2) is 11.5. The van der Waals surface area contributed by atoms with E-state index in [9.17, 15) is 9.59 Å². The van der Waals surface area contributed by atoms with E-state index in [1.54, 1.807) is 0 Å². The molecule has 4 heteroatoms. The van der Waals surface area contributed by atoms with E-state index in [0.717, 1.165) is 38.5 Å². The van der Waals surface area contributed by atoms with Crippen molar-refractivity contribution in [2.45, 2.75) is 98.0 Å². The lowest BCUT2D eigenvalue weighted by Gasteiger charge is -2.23. The fraction of sp³-hybridized carbons (Fsp3) is 0.889. The Kier molecular flexibility index (Phi) is 10.9. The van der Waals surface area contributed by atoms with Crippen LogP contribution in [0.25, 0.3) is 0 Å². The Morgan fingerprint density at radius 1 is 0.909 bits per heavy atom. The van der Waals surface area contributed by atoms with Gasteiger partial charge >= 0.3 is 11.9 Å². The number of hydrogen-bond donors (Lipinski definition) is 1. The van der Waals surface area contributed by atoms with Gasteiger partial charge in [-0.2, -0.15) is 0 Å². The van der Waals surface area contributed by atoms with Gasteiger partial charge in [-0.25, -0.2) is 0 Å². The van der Waals surface area contributed by atoms with Crippen LogP contribution in [0.3, 0.4) is 0 Å². The zero-order valence-corrected chi connectivity index (χ0v) is 14.8. The van der Waals surface area contributed by atoms with Gasteiger partial charge in [0.25, 0.3) is 0 Å². The summed E-state index contributed by atoms with van der Waals surface area (Å²) in [6, 6.07) is 0. The summed E-state index contributed by atoms with van der Waals surface area (Å²) < 4.78 is 5.28. The lowest BCUT2D eigenvalue weighted by molar-refractivity contribution is -0.158. The van der Waals surface area contributed by atoms with Gasteiger partial charge in [-0.3, -0.25) is 9.59 Å². The van der Waals surface area contributed by atoms with E-state index >= 15 is 0 Å². The van der Waals surface area contributed by atoms with Crippen molar-refractivity contribution in [3.8, 4) is 0 Å². The highest BCUT2D eigenvalue weighted by molar-refractivity contribution is 5.75.